The summed E-state index contributed by atoms with van der Waals surface area (Å²) in [6, 6.07) is 20.9. The van der Waals surface area contributed by atoms with Gasteiger partial charge in [0.1, 0.15) is 18.2 Å². The lowest BCUT2D eigenvalue weighted by Gasteiger charge is -2.12. The monoisotopic (exact) mass is 427 g/mol. The van der Waals surface area contributed by atoms with Gasteiger partial charge in [0.25, 0.3) is 5.91 Å². The maximum atomic E-state index is 13.0. The van der Waals surface area contributed by atoms with Gasteiger partial charge in [-0.15, -0.1) is 0 Å². The molecule has 0 saturated heterocycles. The van der Waals surface area contributed by atoms with Crippen molar-refractivity contribution in [2.24, 2.45) is 0 Å². The van der Waals surface area contributed by atoms with Crippen LogP contribution >= 0.6 is 0 Å². The van der Waals surface area contributed by atoms with E-state index in [9.17, 15) is 17.6 Å². The average Bonchev–Trinajstić information content (AvgIpc) is 2.77. The Labute approximate surface area is 175 Å². The van der Waals surface area contributed by atoms with Crippen molar-refractivity contribution in [1.29, 1.82) is 0 Å². The van der Waals surface area contributed by atoms with Crippen molar-refractivity contribution >= 4 is 15.7 Å². The molecule has 0 saturated carbocycles. The van der Waals surface area contributed by atoms with Crippen molar-refractivity contribution in [1.82, 2.24) is 5.32 Å². The zero-order chi connectivity index (χ0) is 21.4. The van der Waals surface area contributed by atoms with Crippen molar-refractivity contribution in [3.8, 4) is 5.75 Å². The molecular formula is C23H22FNO4S. The molecule has 3 aromatic carbocycles. The van der Waals surface area contributed by atoms with Crippen LogP contribution in [0.5, 0.6) is 5.75 Å². The third kappa shape index (κ3) is 5.90. The fourth-order valence-corrected chi connectivity index (χ4v) is 4.16. The Morgan fingerprint density at radius 2 is 1.57 bits per heavy atom. The largest absolute Gasteiger partial charge is 0.488 e. The molecule has 0 atom stereocenters. The van der Waals surface area contributed by atoms with E-state index in [1.165, 1.54) is 12.1 Å². The summed E-state index contributed by atoms with van der Waals surface area (Å²) in [5.41, 5.74) is 1.13. The SMILES string of the molecule is O=C(NCCCS(=O)(=O)c1ccccc1)c1ccccc1OCc1ccc(F)cc1. The fraction of sp³-hybridized carbons (Fsp3) is 0.174. The number of amides is 1. The number of halogens is 1. The molecule has 0 aromatic heterocycles. The van der Waals surface area contributed by atoms with E-state index < -0.39 is 9.84 Å². The molecule has 0 heterocycles. The van der Waals surface area contributed by atoms with Gasteiger partial charge in [-0.05, 0) is 48.4 Å². The summed E-state index contributed by atoms with van der Waals surface area (Å²) in [5, 5.41) is 2.74. The molecule has 0 aliphatic rings. The van der Waals surface area contributed by atoms with Gasteiger partial charge >= 0.3 is 0 Å². The summed E-state index contributed by atoms with van der Waals surface area (Å²) in [7, 11) is -3.38. The molecule has 0 aliphatic carbocycles. The van der Waals surface area contributed by atoms with Crippen LogP contribution in [0.15, 0.2) is 83.8 Å². The van der Waals surface area contributed by atoms with Gasteiger partial charge in [0, 0.05) is 6.54 Å². The van der Waals surface area contributed by atoms with Crippen LogP contribution in [0.1, 0.15) is 22.3 Å². The van der Waals surface area contributed by atoms with Gasteiger partial charge in [-0.2, -0.15) is 0 Å². The Kier molecular flexibility index (Phi) is 7.19. The highest BCUT2D eigenvalue weighted by atomic mass is 32.2. The maximum Gasteiger partial charge on any atom is 0.255 e. The summed E-state index contributed by atoms with van der Waals surface area (Å²) in [6.45, 7) is 0.414. The quantitative estimate of drug-likeness (QED) is 0.524. The lowest BCUT2D eigenvalue weighted by molar-refractivity contribution is 0.0949. The Balaban J connectivity index is 1.53. The van der Waals surface area contributed by atoms with Crippen LogP contribution in [0.4, 0.5) is 4.39 Å². The second kappa shape index (κ2) is 10.0. The molecule has 0 fully saturated rings. The average molecular weight is 427 g/mol. The van der Waals surface area contributed by atoms with E-state index in [-0.39, 0.29) is 35.5 Å². The second-order valence-corrected chi connectivity index (χ2v) is 8.76. The van der Waals surface area contributed by atoms with E-state index in [0.29, 0.717) is 17.7 Å². The molecule has 0 aliphatic heterocycles. The smallest absolute Gasteiger partial charge is 0.255 e. The van der Waals surface area contributed by atoms with Crippen molar-refractivity contribution in [2.75, 3.05) is 12.3 Å². The molecule has 0 unspecified atom stereocenters. The first-order valence-corrected chi connectivity index (χ1v) is 11.1. The fourth-order valence-electron chi connectivity index (χ4n) is 2.83. The van der Waals surface area contributed by atoms with Crippen LogP contribution < -0.4 is 10.1 Å². The highest BCUT2D eigenvalue weighted by Crippen LogP contribution is 2.19. The number of carbonyl (C=O) groups excluding carboxylic acids is 1. The minimum atomic E-state index is -3.38. The minimum Gasteiger partial charge on any atom is -0.488 e. The van der Waals surface area contributed by atoms with E-state index in [1.807, 2.05) is 0 Å². The van der Waals surface area contributed by atoms with Gasteiger partial charge < -0.3 is 10.1 Å². The summed E-state index contributed by atoms with van der Waals surface area (Å²) >= 11 is 0. The lowest BCUT2D eigenvalue weighted by Crippen LogP contribution is -2.26. The van der Waals surface area contributed by atoms with Crippen LogP contribution in [0, 0.1) is 5.82 Å². The molecule has 0 bridgehead atoms. The van der Waals surface area contributed by atoms with Gasteiger partial charge in [0.2, 0.25) is 0 Å². The molecule has 30 heavy (non-hydrogen) atoms. The number of hydrogen-bond donors (Lipinski definition) is 1. The first-order chi connectivity index (χ1) is 14.5. The summed E-state index contributed by atoms with van der Waals surface area (Å²) < 4.78 is 43.3. The predicted octanol–water partition coefficient (Wildman–Crippen LogP) is 4.00. The molecule has 7 heteroatoms. The highest BCUT2D eigenvalue weighted by molar-refractivity contribution is 7.91. The Morgan fingerprint density at radius 3 is 2.30 bits per heavy atom. The van der Waals surface area contributed by atoms with E-state index in [0.717, 1.165) is 5.56 Å². The third-order valence-corrected chi connectivity index (χ3v) is 6.23. The zero-order valence-corrected chi connectivity index (χ0v) is 17.1. The predicted molar refractivity (Wildman–Crippen MR) is 113 cm³/mol. The number of nitrogens with one attached hydrogen (secondary N) is 1. The normalized spacial score (nSPS) is 11.1. The second-order valence-electron chi connectivity index (χ2n) is 6.65. The zero-order valence-electron chi connectivity index (χ0n) is 16.3. The minimum absolute atomic E-state index is 0.0555. The maximum absolute atomic E-state index is 13.0. The number of hydrogen-bond acceptors (Lipinski definition) is 4. The molecular weight excluding hydrogens is 405 g/mol. The molecule has 3 rings (SSSR count). The molecule has 3 aromatic rings. The first kappa shape index (κ1) is 21.5. The van der Waals surface area contributed by atoms with E-state index in [4.69, 9.17) is 4.74 Å². The number of para-hydroxylation sites is 1. The standard InChI is InChI=1S/C23H22FNO4S/c24-19-13-11-18(12-14-19)17-29-22-10-5-4-9-21(22)23(26)25-15-6-16-30(27,28)20-7-2-1-3-8-20/h1-5,7-14H,6,15-17H2,(H,25,26). The van der Waals surface area contributed by atoms with Gasteiger partial charge in [0.05, 0.1) is 16.2 Å². The summed E-state index contributed by atoms with van der Waals surface area (Å²) in [5.74, 6) is -0.328. The molecule has 1 amide bonds. The Bertz CT molecular complexity index is 1080. The topological polar surface area (TPSA) is 72.5 Å². The molecule has 156 valence electrons. The van der Waals surface area contributed by atoms with E-state index >= 15 is 0 Å². The van der Waals surface area contributed by atoms with Crippen molar-refractivity contribution in [2.45, 2.75) is 17.9 Å². The van der Waals surface area contributed by atoms with Crippen molar-refractivity contribution in [3.05, 3.63) is 95.8 Å². The van der Waals surface area contributed by atoms with Crippen molar-refractivity contribution in [3.63, 3.8) is 0 Å². The Morgan fingerprint density at radius 1 is 0.900 bits per heavy atom. The number of rotatable bonds is 9. The third-order valence-electron chi connectivity index (χ3n) is 4.42. The number of benzene rings is 3. The lowest BCUT2D eigenvalue weighted by atomic mass is 10.2. The molecule has 0 radical (unpaired) electrons. The van der Waals surface area contributed by atoms with Crippen LogP contribution in [-0.2, 0) is 16.4 Å². The number of sulfone groups is 1. The van der Waals surface area contributed by atoms with Gasteiger partial charge in [-0.25, -0.2) is 12.8 Å². The van der Waals surface area contributed by atoms with Gasteiger partial charge in [0.15, 0.2) is 9.84 Å². The molecule has 5 nitrogen and oxygen atoms in total. The van der Waals surface area contributed by atoms with Gasteiger partial charge in [-0.1, -0.05) is 42.5 Å². The number of ether oxygens (including phenoxy) is 1. The van der Waals surface area contributed by atoms with Crippen molar-refractivity contribution < 1.29 is 22.3 Å². The van der Waals surface area contributed by atoms with Crippen LogP contribution in [0.25, 0.3) is 0 Å². The summed E-state index contributed by atoms with van der Waals surface area (Å²) in [4.78, 5) is 12.8. The highest BCUT2D eigenvalue weighted by Gasteiger charge is 2.15. The Hall–Kier alpha value is -3.19. The van der Waals surface area contributed by atoms with E-state index in [1.54, 1.807) is 66.7 Å². The van der Waals surface area contributed by atoms with Crippen LogP contribution in [0.2, 0.25) is 0 Å². The number of carbonyl (C=O) groups is 1. The molecule has 0 spiro atoms. The first-order valence-electron chi connectivity index (χ1n) is 9.48. The van der Waals surface area contributed by atoms with Crippen LogP contribution in [-0.4, -0.2) is 26.6 Å². The summed E-state index contributed by atoms with van der Waals surface area (Å²) in [6.07, 6.45) is 0.293. The van der Waals surface area contributed by atoms with E-state index in [2.05, 4.69) is 5.32 Å². The molecule has 1 N–H and O–H groups in total. The van der Waals surface area contributed by atoms with Gasteiger partial charge in [-0.3, -0.25) is 4.79 Å². The van der Waals surface area contributed by atoms with Crippen LogP contribution in [0.3, 0.4) is 0 Å².